The number of ether oxygens (including phenoxy) is 1. The molecule has 1 N–H and O–H groups in total. The largest absolute Gasteiger partial charge is 0.486 e. The summed E-state index contributed by atoms with van der Waals surface area (Å²) in [6, 6.07) is 16.9. The molecule has 2 heterocycles. The number of hydrogen-bond donors (Lipinski definition) is 1. The van der Waals surface area contributed by atoms with Crippen LogP contribution in [-0.2, 0) is 4.79 Å². The molecule has 1 aromatic heterocycles. The quantitative estimate of drug-likeness (QED) is 0.664. The molecule has 3 aromatic rings. The number of carbonyl (C=O) groups is 2. The summed E-state index contributed by atoms with van der Waals surface area (Å²) in [7, 11) is 0. The van der Waals surface area contributed by atoms with Crippen molar-refractivity contribution < 1.29 is 14.3 Å². The smallest absolute Gasteiger partial charge is 0.271 e. The van der Waals surface area contributed by atoms with Crippen molar-refractivity contribution in [2.24, 2.45) is 0 Å². The predicted octanol–water partition coefficient (Wildman–Crippen LogP) is 2.07. The molecule has 2 aromatic carbocycles. The summed E-state index contributed by atoms with van der Waals surface area (Å²) in [6.45, 7) is 2.68. The lowest BCUT2D eigenvalue weighted by Crippen LogP contribution is -2.58. The van der Waals surface area contributed by atoms with E-state index in [2.05, 4.69) is 16.4 Å². The molecule has 8 nitrogen and oxygen atoms in total. The summed E-state index contributed by atoms with van der Waals surface area (Å²) in [4.78, 5) is 30.4. The van der Waals surface area contributed by atoms with Crippen LogP contribution < -0.4 is 10.1 Å². The fourth-order valence-electron chi connectivity index (χ4n) is 3.23. The Morgan fingerprint density at radius 3 is 2.74 bits per heavy atom. The SMILES string of the molecule is Cc1ccc(C#N)cc1OC1CN(C(=O)CNC(=O)c2cn(-c3ccccc3)cn2)C1. The first kappa shape index (κ1) is 20.2. The van der Waals surface area contributed by atoms with E-state index in [4.69, 9.17) is 10.00 Å². The maximum absolute atomic E-state index is 12.3. The Kier molecular flexibility index (Phi) is 5.67. The normalized spacial score (nSPS) is 13.2. The van der Waals surface area contributed by atoms with Crippen molar-refractivity contribution in [3.63, 3.8) is 0 Å². The van der Waals surface area contributed by atoms with Gasteiger partial charge >= 0.3 is 0 Å². The van der Waals surface area contributed by atoms with Crippen LogP contribution in [0.2, 0.25) is 0 Å². The number of aromatic nitrogens is 2. The van der Waals surface area contributed by atoms with Crippen LogP contribution in [0.15, 0.2) is 61.1 Å². The Balaban J connectivity index is 1.25. The minimum atomic E-state index is -0.403. The first-order valence-corrected chi connectivity index (χ1v) is 9.86. The molecule has 1 aliphatic heterocycles. The second-order valence-electron chi connectivity index (χ2n) is 7.32. The van der Waals surface area contributed by atoms with Gasteiger partial charge in [-0.2, -0.15) is 5.26 Å². The van der Waals surface area contributed by atoms with Crippen molar-refractivity contribution in [2.75, 3.05) is 19.6 Å². The van der Waals surface area contributed by atoms with Crippen LogP contribution in [0.3, 0.4) is 0 Å². The van der Waals surface area contributed by atoms with E-state index in [1.807, 2.05) is 43.3 Å². The van der Waals surface area contributed by atoms with Crippen molar-refractivity contribution in [3.8, 4) is 17.5 Å². The van der Waals surface area contributed by atoms with Crippen LogP contribution >= 0.6 is 0 Å². The molecule has 31 heavy (non-hydrogen) atoms. The van der Waals surface area contributed by atoms with E-state index in [0.29, 0.717) is 24.4 Å². The van der Waals surface area contributed by atoms with Gasteiger partial charge in [-0.1, -0.05) is 24.3 Å². The van der Waals surface area contributed by atoms with E-state index in [1.165, 1.54) is 0 Å². The Bertz CT molecular complexity index is 1140. The number of para-hydroxylation sites is 1. The van der Waals surface area contributed by atoms with E-state index < -0.39 is 5.91 Å². The molecule has 0 saturated carbocycles. The average Bonchev–Trinajstić information content (AvgIpc) is 3.26. The van der Waals surface area contributed by atoms with Crippen molar-refractivity contribution >= 4 is 11.8 Å². The number of aryl methyl sites for hydroxylation is 1. The van der Waals surface area contributed by atoms with E-state index in [9.17, 15) is 9.59 Å². The zero-order chi connectivity index (χ0) is 21.8. The summed E-state index contributed by atoms with van der Waals surface area (Å²) in [5, 5.41) is 11.6. The molecule has 1 fully saturated rings. The zero-order valence-electron chi connectivity index (χ0n) is 17.0. The molecule has 0 atom stereocenters. The lowest BCUT2D eigenvalue weighted by molar-refractivity contribution is -0.138. The van der Waals surface area contributed by atoms with Crippen LogP contribution in [-0.4, -0.2) is 52.0 Å². The minimum absolute atomic E-state index is 0.104. The average molecular weight is 415 g/mol. The number of likely N-dealkylation sites (tertiary alicyclic amines) is 1. The third kappa shape index (κ3) is 4.56. The fraction of sp³-hybridized carbons (Fsp3) is 0.217. The van der Waals surface area contributed by atoms with Gasteiger partial charge in [0.1, 0.15) is 23.9 Å². The summed E-state index contributed by atoms with van der Waals surface area (Å²) < 4.78 is 7.65. The number of imidazole rings is 1. The van der Waals surface area contributed by atoms with Crippen LogP contribution in [0, 0.1) is 18.3 Å². The highest BCUT2D eigenvalue weighted by atomic mass is 16.5. The summed E-state index contributed by atoms with van der Waals surface area (Å²) in [5.41, 5.74) is 2.61. The van der Waals surface area contributed by atoms with E-state index in [0.717, 1.165) is 11.3 Å². The number of carbonyl (C=O) groups excluding carboxylic acids is 2. The molecule has 1 saturated heterocycles. The van der Waals surface area contributed by atoms with Crippen molar-refractivity contribution in [1.29, 1.82) is 5.26 Å². The third-order valence-corrected chi connectivity index (χ3v) is 5.08. The highest BCUT2D eigenvalue weighted by Gasteiger charge is 2.32. The molecule has 4 rings (SSSR count). The molecule has 2 amide bonds. The number of amides is 2. The molecule has 8 heteroatoms. The molecule has 0 radical (unpaired) electrons. The van der Waals surface area contributed by atoms with Crippen molar-refractivity contribution in [2.45, 2.75) is 13.0 Å². The number of nitrogens with zero attached hydrogens (tertiary/aromatic N) is 4. The van der Waals surface area contributed by atoms with Crippen LogP contribution in [0.1, 0.15) is 21.6 Å². The van der Waals surface area contributed by atoms with Crippen molar-refractivity contribution in [3.05, 3.63) is 77.9 Å². The Morgan fingerprint density at radius 2 is 2.00 bits per heavy atom. The van der Waals surface area contributed by atoms with Crippen LogP contribution in [0.4, 0.5) is 0 Å². The molecule has 0 aliphatic carbocycles. The van der Waals surface area contributed by atoms with Gasteiger partial charge in [0, 0.05) is 11.9 Å². The van der Waals surface area contributed by atoms with Gasteiger partial charge in [-0.05, 0) is 36.8 Å². The minimum Gasteiger partial charge on any atom is -0.486 e. The number of nitriles is 1. The van der Waals surface area contributed by atoms with Crippen molar-refractivity contribution in [1.82, 2.24) is 19.8 Å². The lowest BCUT2D eigenvalue weighted by atomic mass is 10.1. The Morgan fingerprint density at radius 1 is 1.23 bits per heavy atom. The first-order valence-electron chi connectivity index (χ1n) is 9.86. The second kappa shape index (κ2) is 8.71. The topological polar surface area (TPSA) is 100 Å². The molecule has 156 valence electrons. The van der Waals surface area contributed by atoms with Gasteiger partial charge in [0.05, 0.1) is 31.3 Å². The van der Waals surface area contributed by atoms with Crippen LogP contribution in [0.5, 0.6) is 5.75 Å². The Labute approximate surface area is 179 Å². The fourth-order valence-corrected chi connectivity index (χ4v) is 3.23. The van der Waals surface area contributed by atoms with Gasteiger partial charge in [-0.25, -0.2) is 4.98 Å². The van der Waals surface area contributed by atoms with Gasteiger partial charge in [0.15, 0.2) is 0 Å². The monoisotopic (exact) mass is 415 g/mol. The molecule has 0 spiro atoms. The van der Waals surface area contributed by atoms with Gasteiger partial charge in [0.2, 0.25) is 5.91 Å². The zero-order valence-corrected chi connectivity index (χ0v) is 17.0. The molecular weight excluding hydrogens is 394 g/mol. The number of benzene rings is 2. The maximum atomic E-state index is 12.3. The van der Waals surface area contributed by atoms with Gasteiger partial charge < -0.3 is 19.5 Å². The van der Waals surface area contributed by atoms with E-state index in [1.54, 1.807) is 34.1 Å². The van der Waals surface area contributed by atoms with Gasteiger partial charge in [-0.3, -0.25) is 9.59 Å². The first-order chi connectivity index (χ1) is 15.0. The predicted molar refractivity (Wildman–Crippen MR) is 113 cm³/mol. The van der Waals surface area contributed by atoms with Gasteiger partial charge in [0.25, 0.3) is 5.91 Å². The summed E-state index contributed by atoms with van der Waals surface area (Å²) >= 11 is 0. The summed E-state index contributed by atoms with van der Waals surface area (Å²) in [5.74, 6) is 0.0666. The van der Waals surface area contributed by atoms with E-state index in [-0.39, 0.29) is 24.2 Å². The van der Waals surface area contributed by atoms with E-state index >= 15 is 0 Å². The maximum Gasteiger partial charge on any atom is 0.271 e. The standard InChI is InChI=1S/C23H21N5O3/c1-16-7-8-17(10-24)9-21(16)31-19-12-27(13-19)22(29)11-25-23(30)20-14-28(15-26-20)18-5-3-2-4-6-18/h2-9,14-15,19H,11-13H2,1H3,(H,25,30). The molecular formula is C23H21N5O3. The number of hydrogen-bond acceptors (Lipinski definition) is 5. The Hall–Kier alpha value is -4.12. The second-order valence-corrected chi connectivity index (χ2v) is 7.32. The molecule has 0 unspecified atom stereocenters. The highest BCUT2D eigenvalue weighted by Crippen LogP contribution is 2.23. The van der Waals surface area contributed by atoms with Crippen LogP contribution in [0.25, 0.3) is 5.69 Å². The summed E-state index contributed by atoms with van der Waals surface area (Å²) in [6.07, 6.45) is 3.06. The molecule has 0 bridgehead atoms. The third-order valence-electron chi connectivity index (χ3n) is 5.08. The van der Waals surface area contributed by atoms with Gasteiger partial charge in [-0.15, -0.1) is 0 Å². The number of rotatable bonds is 6. The highest BCUT2D eigenvalue weighted by molar-refractivity contribution is 5.94. The number of nitrogens with one attached hydrogen (secondary N) is 1. The lowest BCUT2D eigenvalue weighted by Gasteiger charge is -2.39. The molecule has 1 aliphatic rings.